The number of aliphatic hydroxyl groups excluding tert-OH is 1. The summed E-state index contributed by atoms with van der Waals surface area (Å²) >= 11 is 5.85. The molecule has 0 amide bonds. The van der Waals surface area contributed by atoms with Crippen LogP contribution in [0.2, 0.25) is 5.28 Å². The highest BCUT2D eigenvalue weighted by molar-refractivity contribution is 6.28. The van der Waals surface area contributed by atoms with Gasteiger partial charge in [-0.2, -0.15) is 15.0 Å². The molecule has 1 fully saturated rings. The van der Waals surface area contributed by atoms with E-state index in [0.29, 0.717) is 23.7 Å². The zero-order valence-corrected chi connectivity index (χ0v) is 11.8. The predicted molar refractivity (Wildman–Crippen MR) is 75.4 cm³/mol. The third kappa shape index (κ3) is 3.91. The van der Waals surface area contributed by atoms with E-state index >= 15 is 0 Å². The van der Waals surface area contributed by atoms with Crippen molar-refractivity contribution in [3.63, 3.8) is 0 Å². The van der Waals surface area contributed by atoms with Gasteiger partial charge in [-0.25, -0.2) is 0 Å². The van der Waals surface area contributed by atoms with E-state index in [9.17, 15) is 5.11 Å². The molecule has 1 aliphatic carbocycles. The van der Waals surface area contributed by atoms with E-state index in [1.165, 1.54) is 6.42 Å². The lowest BCUT2D eigenvalue weighted by Crippen LogP contribution is -2.22. The molecule has 1 saturated carbocycles. The maximum absolute atomic E-state index is 9.29. The van der Waals surface area contributed by atoms with Crippen LogP contribution in [0.1, 0.15) is 26.2 Å². The van der Waals surface area contributed by atoms with Crippen LogP contribution in [-0.4, -0.2) is 39.8 Å². The average molecular weight is 286 g/mol. The molecule has 1 aromatic heterocycles. The van der Waals surface area contributed by atoms with Crippen molar-refractivity contribution in [2.24, 2.45) is 11.8 Å². The van der Waals surface area contributed by atoms with Crippen LogP contribution < -0.4 is 10.6 Å². The Kier molecular flexibility index (Phi) is 5.15. The second kappa shape index (κ2) is 6.86. The quantitative estimate of drug-likeness (QED) is 0.739. The van der Waals surface area contributed by atoms with Crippen molar-refractivity contribution >= 4 is 23.5 Å². The number of aliphatic hydroxyl groups is 1. The van der Waals surface area contributed by atoms with Crippen molar-refractivity contribution in [3.05, 3.63) is 5.28 Å². The summed E-state index contributed by atoms with van der Waals surface area (Å²) in [6.07, 6.45) is 3.42. The summed E-state index contributed by atoms with van der Waals surface area (Å²) in [5.41, 5.74) is 0. The summed E-state index contributed by atoms with van der Waals surface area (Å²) in [4.78, 5) is 12.3. The zero-order valence-electron chi connectivity index (χ0n) is 11.1. The molecule has 0 spiro atoms. The predicted octanol–water partition coefficient (Wildman–Crippen LogP) is 1.78. The van der Waals surface area contributed by atoms with Gasteiger partial charge in [-0.05, 0) is 43.2 Å². The van der Waals surface area contributed by atoms with Gasteiger partial charge in [-0.15, -0.1) is 0 Å². The summed E-state index contributed by atoms with van der Waals surface area (Å²) in [5, 5.41) is 15.7. The minimum Gasteiger partial charge on any atom is -0.396 e. The highest BCUT2D eigenvalue weighted by Crippen LogP contribution is 2.31. The molecule has 1 heterocycles. The number of halogens is 1. The van der Waals surface area contributed by atoms with Gasteiger partial charge in [0.05, 0.1) is 0 Å². The second-order valence-corrected chi connectivity index (χ2v) is 5.13. The van der Waals surface area contributed by atoms with Gasteiger partial charge in [0.15, 0.2) is 0 Å². The molecule has 0 aromatic carbocycles. The van der Waals surface area contributed by atoms with Gasteiger partial charge in [0.1, 0.15) is 0 Å². The number of anilines is 2. The van der Waals surface area contributed by atoms with E-state index in [2.05, 4.69) is 25.6 Å². The summed E-state index contributed by atoms with van der Waals surface area (Å²) in [6, 6.07) is 0. The molecule has 0 bridgehead atoms. The van der Waals surface area contributed by atoms with Crippen LogP contribution in [-0.2, 0) is 0 Å². The minimum absolute atomic E-state index is 0.179. The van der Waals surface area contributed by atoms with E-state index < -0.39 is 0 Å². The van der Waals surface area contributed by atoms with Gasteiger partial charge in [-0.1, -0.05) is 6.42 Å². The van der Waals surface area contributed by atoms with Gasteiger partial charge in [0, 0.05) is 19.7 Å². The molecule has 1 aromatic rings. The van der Waals surface area contributed by atoms with E-state index in [0.717, 1.165) is 25.9 Å². The van der Waals surface area contributed by atoms with E-state index in [1.54, 1.807) is 0 Å². The normalized spacial score (nSPS) is 22.5. The van der Waals surface area contributed by atoms with Gasteiger partial charge >= 0.3 is 0 Å². The van der Waals surface area contributed by atoms with Gasteiger partial charge in [0.25, 0.3) is 0 Å². The fraction of sp³-hybridized carbons (Fsp3) is 0.750. The smallest absolute Gasteiger partial charge is 0.228 e. The van der Waals surface area contributed by atoms with Crippen molar-refractivity contribution in [1.82, 2.24) is 15.0 Å². The fourth-order valence-corrected chi connectivity index (χ4v) is 2.67. The third-order valence-electron chi connectivity index (χ3n) is 3.52. The summed E-state index contributed by atoms with van der Waals surface area (Å²) in [5.74, 6) is 1.83. The molecular formula is C12H20ClN5O. The standard InChI is InChI=1S/C12H20ClN5O/c1-2-14-11-16-10(13)17-12(18-11)15-6-8-4-3-5-9(8)7-19/h8-9,19H,2-7H2,1H3,(H2,14,15,16,17,18). The Morgan fingerprint density at radius 2 is 1.84 bits per heavy atom. The molecular weight excluding hydrogens is 266 g/mol. The highest BCUT2D eigenvalue weighted by Gasteiger charge is 2.26. The number of hydrogen-bond donors (Lipinski definition) is 3. The third-order valence-corrected chi connectivity index (χ3v) is 3.69. The molecule has 6 nitrogen and oxygen atoms in total. The largest absolute Gasteiger partial charge is 0.396 e. The van der Waals surface area contributed by atoms with Crippen molar-refractivity contribution in [2.45, 2.75) is 26.2 Å². The zero-order chi connectivity index (χ0) is 13.7. The first kappa shape index (κ1) is 14.3. The van der Waals surface area contributed by atoms with Crippen LogP contribution in [0.3, 0.4) is 0 Å². The molecule has 7 heteroatoms. The van der Waals surface area contributed by atoms with Gasteiger partial charge < -0.3 is 15.7 Å². The highest BCUT2D eigenvalue weighted by atomic mass is 35.5. The second-order valence-electron chi connectivity index (χ2n) is 4.80. The maximum atomic E-state index is 9.29. The topological polar surface area (TPSA) is 83.0 Å². The first-order valence-electron chi connectivity index (χ1n) is 6.73. The van der Waals surface area contributed by atoms with E-state index in [4.69, 9.17) is 11.6 Å². The van der Waals surface area contributed by atoms with Crippen LogP contribution >= 0.6 is 11.6 Å². The Bertz CT molecular complexity index is 417. The SMILES string of the molecule is CCNc1nc(Cl)nc(NCC2CCCC2CO)n1. The summed E-state index contributed by atoms with van der Waals surface area (Å²) in [6.45, 7) is 3.72. The number of nitrogens with one attached hydrogen (secondary N) is 2. The van der Waals surface area contributed by atoms with Crippen molar-refractivity contribution in [2.75, 3.05) is 30.3 Å². The Morgan fingerprint density at radius 1 is 1.16 bits per heavy atom. The Hall–Kier alpha value is -1.14. The van der Waals surface area contributed by atoms with Crippen LogP contribution in [0.25, 0.3) is 0 Å². The van der Waals surface area contributed by atoms with Crippen molar-refractivity contribution < 1.29 is 5.11 Å². The van der Waals surface area contributed by atoms with Crippen LogP contribution in [0, 0.1) is 11.8 Å². The molecule has 3 N–H and O–H groups in total. The Morgan fingerprint density at radius 3 is 2.53 bits per heavy atom. The lowest BCUT2D eigenvalue weighted by Gasteiger charge is -2.17. The van der Waals surface area contributed by atoms with Crippen LogP contribution in [0.5, 0.6) is 0 Å². The van der Waals surface area contributed by atoms with E-state index in [-0.39, 0.29) is 11.9 Å². The Labute approximate surface area is 118 Å². The lowest BCUT2D eigenvalue weighted by molar-refractivity contribution is 0.199. The van der Waals surface area contributed by atoms with Crippen LogP contribution in [0.4, 0.5) is 11.9 Å². The fourth-order valence-electron chi connectivity index (χ4n) is 2.51. The average Bonchev–Trinajstić information content (AvgIpc) is 2.83. The lowest BCUT2D eigenvalue weighted by atomic mass is 9.97. The Balaban J connectivity index is 1.95. The molecule has 0 radical (unpaired) electrons. The van der Waals surface area contributed by atoms with Crippen LogP contribution in [0.15, 0.2) is 0 Å². The van der Waals surface area contributed by atoms with Gasteiger partial charge in [-0.3, -0.25) is 0 Å². The number of hydrogen-bond acceptors (Lipinski definition) is 6. The maximum Gasteiger partial charge on any atom is 0.228 e. The number of rotatable bonds is 6. The molecule has 106 valence electrons. The van der Waals surface area contributed by atoms with Crippen molar-refractivity contribution in [1.29, 1.82) is 0 Å². The minimum atomic E-state index is 0.179. The molecule has 2 rings (SSSR count). The first-order valence-corrected chi connectivity index (χ1v) is 7.11. The molecule has 0 aliphatic heterocycles. The van der Waals surface area contributed by atoms with E-state index in [1.807, 2.05) is 6.92 Å². The molecule has 0 saturated heterocycles. The number of nitrogens with zero attached hydrogens (tertiary/aromatic N) is 3. The summed E-state index contributed by atoms with van der Waals surface area (Å²) in [7, 11) is 0. The first-order chi connectivity index (χ1) is 9.22. The molecule has 1 aliphatic rings. The van der Waals surface area contributed by atoms with Gasteiger partial charge in [0.2, 0.25) is 17.2 Å². The van der Waals surface area contributed by atoms with Crippen molar-refractivity contribution in [3.8, 4) is 0 Å². The molecule has 2 unspecified atom stereocenters. The monoisotopic (exact) mass is 285 g/mol. The molecule has 19 heavy (non-hydrogen) atoms. The number of aromatic nitrogens is 3. The summed E-state index contributed by atoms with van der Waals surface area (Å²) < 4.78 is 0. The molecule has 2 atom stereocenters.